The molecule has 0 aliphatic carbocycles. The molecule has 116 valence electrons. The maximum atomic E-state index is 12.1. The molecule has 23 heavy (non-hydrogen) atoms. The number of benzene rings is 2. The van der Waals surface area contributed by atoms with E-state index >= 15 is 0 Å². The number of methoxy groups -OCH3 is 2. The number of esters is 2. The molecule has 0 saturated carbocycles. The van der Waals surface area contributed by atoms with Crippen molar-refractivity contribution in [3.8, 4) is 17.6 Å². The Morgan fingerprint density at radius 1 is 0.913 bits per heavy atom. The molecule has 0 heterocycles. The molecule has 0 unspecified atom stereocenters. The molecule has 0 aromatic heterocycles. The van der Waals surface area contributed by atoms with E-state index in [0.717, 1.165) is 0 Å². The number of ether oxygens (including phenoxy) is 3. The SMILES string of the molecule is COC(=O)c1ccc(C(=O)Oc2ccc(C#N)cc2OC)cc1. The van der Waals surface area contributed by atoms with Gasteiger partial charge in [-0.25, -0.2) is 9.59 Å². The van der Waals surface area contributed by atoms with Crippen molar-refractivity contribution in [3.05, 3.63) is 59.2 Å². The lowest BCUT2D eigenvalue weighted by molar-refractivity contribution is 0.0599. The number of rotatable bonds is 4. The smallest absolute Gasteiger partial charge is 0.343 e. The molecular formula is C17H13NO5. The first kappa shape index (κ1) is 16.0. The van der Waals surface area contributed by atoms with Crippen LogP contribution in [0.2, 0.25) is 0 Å². The molecule has 0 aliphatic heterocycles. The minimum Gasteiger partial charge on any atom is -0.493 e. The van der Waals surface area contributed by atoms with Crippen molar-refractivity contribution < 1.29 is 23.8 Å². The average Bonchev–Trinajstić information content (AvgIpc) is 2.61. The summed E-state index contributed by atoms with van der Waals surface area (Å²) in [7, 11) is 2.70. The normalized spacial score (nSPS) is 9.61. The molecule has 0 fully saturated rings. The number of carbonyl (C=O) groups is 2. The molecular weight excluding hydrogens is 298 g/mol. The highest BCUT2D eigenvalue weighted by molar-refractivity contribution is 5.94. The van der Waals surface area contributed by atoms with E-state index in [1.165, 1.54) is 56.7 Å². The Labute approximate surface area is 132 Å². The Kier molecular flexibility index (Phi) is 4.95. The van der Waals surface area contributed by atoms with Crippen LogP contribution in [0.5, 0.6) is 11.5 Å². The monoisotopic (exact) mass is 311 g/mol. The van der Waals surface area contributed by atoms with Gasteiger partial charge in [0.1, 0.15) is 0 Å². The van der Waals surface area contributed by atoms with Crippen LogP contribution in [0.4, 0.5) is 0 Å². The summed E-state index contributed by atoms with van der Waals surface area (Å²) >= 11 is 0. The van der Waals surface area contributed by atoms with Gasteiger partial charge in [-0.1, -0.05) is 0 Å². The Morgan fingerprint density at radius 3 is 2.04 bits per heavy atom. The second kappa shape index (κ2) is 7.09. The van der Waals surface area contributed by atoms with Gasteiger partial charge >= 0.3 is 11.9 Å². The third kappa shape index (κ3) is 3.66. The van der Waals surface area contributed by atoms with E-state index < -0.39 is 11.9 Å². The molecule has 0 atom stereocenters. The highest BCUT2D eigenvalue weighted by Crippen LogP contribution is 2.28. The zero-order valence-electron chi connectivity index (χ0n) is 12.5. The van der Waals surface area contributed by atoms with E-state index in [2.05, 4.69) is 4.74 Å². The van der Waals surface area contributed by atoms with Crippen LogP contribution in [0.3, 0.4) is 0 Å². The van der Waals surface area contributed by atoms with E-state index in [0.29, 0.717) is 11.1 Å². The predicted molar refractivity (Wildman–Crippen MR) is 80.4 cm³/mol. The summed E-state index contributed by atoms with van der Waals surface area (Å²) in [6, 6.07) is 12.3. The summed E-state index contributed by atoms with van der Waals surface area (Å²) in [6.07, 6.45) is 0. The number of nitrogens with zero attached hydrogens (tertiary/aromatic N) is 1. The number of hydrogen-bond acceptors (Lipinski definition) is 6. The van der Waals surface area contributed by atoms with E-state index in [1.54, 1.807) is 0 Å². The lowest BCUT2D eigenvalue weighted by atomic mass is 10.1. The third-order valence-corrected chi connectivity index (χ3v) is 3.04. The summed E-state index contributed by atoms with van der Waals surface area (Å²) in [4.78, 5) is 23.5. The van der Waals surface area contributed by atoms with E-state index in [9.17, 15) is 9.59 Å². The standard InChI is InChI=1S/C17H13NO5/c1-21-15-9-11(10-18)3-8-14(15)23-17(20)13-6-4-12(5-7-13)16(19)22-2/h3-9H,1-2H3. The van der Waals surface area contributed by atoms with Gasteiger partial charge in [0.05, 0.1) is 37.0 Å². The molecule has 6 nitrogen and oxygen atoms in total. The molecule has 2 rings (SSSR count). The molecule has 0 radical (unpaired) electrons. The van der Waals surface area contributed by atoms with Crippen LogP contribution >= 0.6 is 0 Å². The van der Waals surface area contributed by atoms with Crippen molar-refractivity contribution in [2.75, 3.05) is 14.2 Å². The fourth-order valence-electron chi connectivity index (χ4n) is 1.84. The Balaban J connectivity index is 2.19. The van der Waals surface area contributed by atoms with Gasteiger partial charge in [0, 0.05) is 6.07 Å². The summed E-state index contributed by atoms with van der Waals surface area (Å²) in [5, 5.41) is 8.85. The third-order valence-electron chi connectivity index (χ3n) is 3.04. The van der Waals surface area contributed by atoms with Gasteiger partial charge in [-0.2, -0.15) is 5.26 Å². The summed E-state index contributed by atoms with van der Waals surface area (Å²) in [6.45, 7) is 0. The lowest BCUT2D eigenvalue weighted by Crippen LogP contribution is -2.10. The predicted octanol–water partition coefficient (Wildman–Crippen LogP) is 2.57. The molecule has 2 aromatic carbocycles. The number of nitriles is 1. The zero-order chi connectivity index (χ0) is 16.8. The van der Waals surface area contributed by atoms with E-state index in [4.69, 9.17) is 14.7 Å². The quantitative estimate of drug-likeness (QED) is 0.637. The highest BCUT2D eigenvalue weighted by Gasteiger charge is 2.14. The van der Waals surface area contributed by atoms with Gasteiger partial charge in [0.25, 0.3) is 0 Å². The minimum atomic E-state index is -0.607. The van der Waals surface area contributed by atoms with Crippen molar-refractivity contribution in [3.63, 3.8) is 0 Å². The Bertz CT molecular complexity index is 775. The van der Waals surface area contributed by atoms with E-state index in [-0.39, 0.29) is 17.1 Å². The zero-order valence-corrected chi connectivity index (χ0v) is 12.5. The largest absolute Gasteiger partial charge is 0.493 e. The van der Waals surface area contributed by atoms with Gasteiger partial charge < -0.3 is 14.2 Å². The molecule has 0 N–H and O–H groups in total. The van der Waals surface area contributed by atoms with Crippen molar-refractivity contribution in [1.29, 1.82) is 5.26 Å². The molecule has 0 bridgehead atoms. The molecule has 6 heteroatoms. The van der Waals surface area contributed by atoms with Crippen LogP contribution in [0.15, 0.2) is 42.5 Å². The van der Waals surface area contributed by atoms with Crippen LogP contribution in [0.1, 0.15) is 26.3 Å². The van der Waals surface area contributed by atoms with Gasteiger partial charge in [-0.15, -0.1) is 0 Å². The topological polar surface area (TPSA) is 85.6 Å². The van der Waals surface area contributed by atoms with Crippen molar-refractivity contribution in [1.82, 2.24) is 0 Å². The minimum absolute atomic E-state index is 0.202. The maximum absolute atomic E-state index is 12.1. The first-order chi connectivity index (χ1) is 11.1. The summed E-state index contributed by atoms with van der Waals surface area (Å²) in [5.74, 6) is -0.611. The summed E-state index contributed by atoms with van der Waals surface area (Å²) in [5.41, 5.74) is 0.994. The fourth-order valence-corrected chi connectivity index (χ4v) is 1.84. The number of hydrogen-bond donors (Lipinski definition) is 0. The fraction of sp³-hybridized carbons (Fsp3) is 0.118. The second-order valence-electron chi connectivity index (χ2n) is 4.44. The van der Waals surface area contributed by atoms with Crippen LogP contribution in [-0.2, 0) is 4.74 Å². The van der Waals surface area contributed by atoms with Gasteiger partial charge in [0.2, 0.25) is 0 Å². The second-order valence-corrected chi connectivity index (χ2v) is 4.44. The van der Waals surface area contributed by atoms with Gasteiger partial charge in [0.15, 0.2) is 11.5 Å². The molecule has 0 amide bonds. The molecule has 0 aliphatic rings. The molecule has 0 spiro atoms. The summed E-state index contributed by atoms with van der Waals surface area (Å²) < 4.78 is 14.9. The van der Waals surface area contributed by atoms with Gasteiger partial charge in [-0.3, -0.25) is 0 Å². The van der Waals surface area contributed by atoms with Crippen molar-refractivity contribution in [2.24, 2.45) is 0 Å². The Hall–Kier alpha value is -3.33. The van der Waals surface area contributed by atoms with E-state index in [1.807, 2.05) is 6.07 Å². The highest BCUT2D eigenvalue weighted by atomic mass is 16.6. The average molecular weight is 311 g/mol. The van der Waals surface area contributed by atoms with Crippen LogP contribution in [0.25, 0.3) is 0 Å². The molecule has 0 saturated heterocycles. The van der Waals surface area contributed by atoms with Crippen molar-refractivity contribution in [2.45, 2.75) is 0 Å². The first-order valence-corrected chi connectivity index (χ1v) is 6.57. The Morgan fingerprint density at radius 2 is 1.52 bits per heavy atom. The lowest BCUT2D eigenvalue weighted by Gasteiger charge is -2.09. The van der Waals surface area contributed by atoms with Crippen LogP contribution in [-0.4, -0.2) is 26.2 Å². The van der Waals surface area contributed by atoms with Crippen molar-refractivity contribution >= 4 is 11.9 Å². The number of carbonyl (C=O) groups excluding carboxylic acids is 2. The van der Waals surface area contributed by atoms with Gasteiger partial charge in [-0.05, 0) is 36.4 Å². The van der Waals surface area contributed by atoms with Crippen LogP contribution < -0.4 is 9.47 Å². The molecule has 2 aromatic rings. The van der Waals surface area contributed by atoms with Crippen LogP contribution in [0, 0.1) is 11.3 Å². The maximum Gasteiger partial charge on any atom is 0.343 e. The first-order valence-electron chi connectivity index (χ1n) is 6.57.